The minimum atomic E-state index is -0.371. The van der Waals surface area contributed by atoms with Gasteiger partial charge in [-0.3, -0.25) is 14.6 Å². The first-order valence-corrected chi connectivity index (χ1v) is 14.6. The van der Waals surface area contributed by atoms with Crippen molar-refractivity contribution in [1.82, 2.24) is 19.8 Å². The zero-order valence-electron chi connectivity index (χ0n) is 23.4. The minimum absolute atomic E-state index is 0.00409. The molecule has 210 valence electrons. The second kappa shape index (κ2) is 9.29. The Labute approximate surface area is 235 Å². The van der Waals surface area contributed by atoms with E-state index in [0.29, 0.717) is 29.8 Å². The van der Waals surface area contributed by atoms with Crippen LogP contribution in [0.2, 0.25) is 0 Å². The molecule has 0 radical (unpaired) electrons. The number of aromatic nitrogens is 2. The van der Waals surface area contributed by atoms with E-state index in [9.17, 15) is 9.59 Å². The van der Waals surface area contributed by atoms with E-state index in [4.69, 9.17) is 4.74 Å². The lowest BCUT2D eigenvalue weighted by atomic mass is 9.42. The Bertz CT molecular complexity index is 1330. The van der Waals surface area contributed by atoms with Crippen molar-refractivity contribution in [2.75, 3.05) is 42.9 Å². The number of amides is 2. The van der Waals surface area contributed by atoms with Crippen LogP contribution in [0.15, 0.2) is 43.1 Å². The molecule has 2 amide bonds. The van der Waals surface area contributed by atoms with Crippen molar-refractivity contribution in [3.8, 4) is 0 Å². The number of hydrogen-bond acceptors (Lipinski definition) is 7. The highest BCUT2D eigenvalue weighted by Crippen LogP contribution is 2.68. The summed E-state index contributed by atoms with van der Waals surface area (Å²) in [5.74, 6) is 2.15. The lowest BCUT2D eigenvalue weighted by Gasteiger charge is -2.66. The van der Waals surface area contributed by atoms with Crippen molar-refractivity contribution >= 4 is 23.8 Å². The van der Waals surface area contributed by atoms with Crippen molar-refractivity contribution in [2.45, 2.75) is 58.2 Å². The average molecular weight is 543 g/mol. The van der Waals surface area contributed by atoms with Gasteiger partial charge in [0.15, 0.2) is 0 Å². The number of cyclic esters (lactones) is 1. The van der Waals surface area contributed by atoms with Gasteiger partial charge in [-0.15, -0.1) is 0 Å². The number of carbonyl (C=O) groups excluding carboxylic acids is 2. The van der Waals surface area contributed by atoms with Crippen LogP contribution in [0.3, 0.4) is 0 Å². The lowest BCUT2D eigenvalue weighted by Crippen LogP contribution is -2.73. The van der Waals surface area contributed by atoms with Gasteiger partial charge in [-0.1, -0.05) is 30.8 Å². The van der Waals surface area contributed by atoms with Gasteiger partial charge in [0.05, 0.1) is 11.6 Å². The third-order valence-electron chi connectivity index (χ3n) is 10.00. The molecular formula is C31H38N6O3. The van der Waals surface area contributed by atoms with Crippen molar-refractivity contribution < 1.29 is 14.3 Å². The van der Waals surface area contributed by atoms with Crippen LogP contribution in [-0.2, 0) is 16.1 Å². The molecule has 0 unspecified atom stereocenters. The van der Waals surface area contributed by atoms with Crippen LogP contribution in [0, 0.1) is 16.7 Å². The maximum atomic E-state index is 12.1. The summed E-state index contributed by atoms with van der Waals surface area (Å²) >= 11 is 0. The summed E-state index contributed by atoms with van der Waals surface area (Å²) in [6.07, 6.45) is 8.23. The van der Waals surface area contributed by atoms with E-state index in [-0.39, 0.29) is 30.1 Å². The Kier molecular flexibility index (Phi) is 5.93. The van der Waals surface area contributed by atoms with Crippen LogP contribution in [0.4, 0.5) is 16.6 Å². The molecule has 2 bridgehead atoms. The van der Waals surface area contributed by atoms with Gasteiger partial charge in [-0.25, -0.2) is 9.78 Å². The fraction of sp³-hybridized carbons (Fsp3) is 0.548. The summed E-state index contributed by atoms with van der Waals surface area (Å²) in [6, 6.07) is 9.47. The van der Waals surface area contributed by atoms with Crippen LogP contribution in [0.25, 0.3) is 0 Å². The average Bonchev–Trinajstić information content (AvgIpc) is 2.86. The van der Waals surface area contributed by atoms with Crippen LogP contribution in [-0.4, -0.2) is 64.5 Å². The van der Waals surface area contributed by atoms with Crippen LogP contribution < -0.4 is 10.2 Å². The Morgan fingerprint density at radius 3 is 2.50 bits per heavy atom. The van der Waals surface area contributed by atoms with Crippen molar-refractivity contribution in [3.05, 3.63) is 59.8 Å². The van der Waals surface area contributed by atoms with Gasteiger partial charge >= 0.3 is 6.09 Å². The Balaban J connectivity index is 1.03. The molecule has 2 aromatic rings. The number of likely N-dealkylation sites (tertiary alicyclic amines) is 2. The van der Waals surface area contributed by atoms with Crippen molar-refractivity contribution in [2.24, 2.45) is 16.7 Å². The van der Waals surface area contributed by atoms with Gasteiger partial charge in [0.25, 0.3) is 0 Å². The maximum absolute atomic E-state index is 12.1. The Hall–Kier alpha value is -3.46. The molecule has 8 rings (SSSR count). The van der Waals surface area contributed by atoms with Gasteiger partial charge in [0.2, 0.25) is 11.9 Å². The van der Waals surface area contributed by atoms with Crippen LogP contribution >= 0.6 is 0 Å². The fourth-order valence-electron chi connectivity index (χ4n) is 7.73. The number of carbonyl (C=O) groups is 2. The van der Waals surface area contributed by atoms with Gasteiger partial charge in [0, 0.05) is 50.4 Å². The van der Waals surface area contributed by atoms with E-state index in [0.717, 1.165) is 37.7 Å². The smallest absolute Gasteiger partial charge is 0.415 e. The van der Waals surface area contributed by atoms with E-state index in [1.165, 1.54) is 47.8 Å². The number of fused-ring (bicyclic) bond motifs is 1. The molecule has 9 nitrogen and oxygen atoms in total. The summed E-state index contributed by atoms with van der Waals surface area (Å²) in [5, 5.41) is 3.42. The highest BCUT2D eigenvalue weighted by Gasteiger charge is 2.59. The van der Waals surface area contributed by atoms with E-state index in [1.54, 1.807) is 6.20 Å². The van der Waals surface area contributed by atoms with Crippen LogP contribution in [0.5, 0.6) is 0 Å². The van der Waals surface area contributed by atoms with Gasteiger partial charge in [0.1, 0.15) is 12.4 Å². The highest BCUT2D eigenvalue weighted by molar-refractivity contribution is 5.89. The van der Waals surface area contributed by atoms with E-state index in [2.05, 4.69) is 58.0 Å². The summed E-state index contributed by atoms with van der Waals surface area (Å²) in [4.78, 5) is 39.3. The number of hydrogen-bond donors (Lipinski definition) is 1. The molecule has 1 spiro atoms. The predicted octanol–water partition coefficient (Wildman–Crippen LogP) is 4.69. The molecule has 40 heavy (non-hydrogen) atoms. The van der Waals surface area contributed by atoms with Gasteiger partial charge < -0.3 is 15.0 Å². The fourth-order valence-corrected chi connectivity index (χ4v) is 7.73. The number of nitrogens with zero attached hydrogens (tertiary/aromatic N) is 5. The summed E-state index contributed by atoms with van der Waals surface area (Å²) < 4.78 is 5.20. The third kappa shape index (κ3) is 4.17. The SMILES string of the molecule is C=CC(=O)N1CC2(C1)CN([C@@H](CC13CC(C1)C3)c1ccc([C@H](C)Nc3ncc4c(n3)N(CC)C(=O)OC4)cc1)C2. The molecule has 3 saturated carbocycles. The minimum Gasteiger partial charge on any atom is -0.444 e. The Morgan fingerprint density at radius 2 is 1.88 bits per heavy atom. The predicted molar refractivity (Wildman–Crippen MR) is 152 cm³/mol. The van der Waals surface area contributed by atoms with E-state index >= 15 is 0 Å². The molecule has 1 N–H and O–H groups in total. The summed E-state index contributed by atoms with van der Waals surface area (Å²) in [5.41, 5.74) is 4.19. The molecule has 5 fully saturated rings. The first-order valence-electron chi connectivity index (χ1n) is 14.6. The van der Waals surface area contributed by atoms with Crippen molar-refractivity contribution in [1.29, 1.82) is 0 Å². The maximum Gasteiger partial charge on any atom is 0.415 e. The zero-order chi connectivity index (χ0) is 27.6. The second-order valence-corrected chi connectivity index (χ2v) is 12.9. The van der Waals surface area contributed by atoms with Crippen LogP contribution in [0.1, 0.15) is 68.3 Å². The molecule has 2 atom stereocenters. The number of rotatable bonds is 9. The lowest BCUT2D eigenvalue weighted by molar-refractivity contribution is -0.172. The normalized spacial score (nSPS) is 27.2. The van der Waals surface area contributed by atoms with Gasteiger partial charge in [-0.2, -0.15) is 4.98 Å². The first-order chi connectivity index (χ1) is 19.3. The monoisotopic (exact) mass is 542 g/mol. The van der Waals surface area contributed by atoms with E-state index < -0.39 is 0 Å². The number of nitrogens with one attached hydrogen (secondary N) is 1. The second-order valence-electron chi connectivity index (χ2n) is 12.9. The number of benzene rings is 1. The molecule has 3 aliphatic carbocycles. The molecule has 9 heteroatoms. The molecule has 1 aromatic heterocycles. The molecular weight excluding hydrogens is 504 g/mol. The molecule has 3 aliphatic heterocycles. The molecule has 4 heterocycles. The topological polar surface area (TPSA) is 90.9 Å². The summed E-state index contributed by atoms with van der Waals surface area (Å²) in [6.45, 7) is 12.2. The quantitative estimate of drug-likeness (QED) is 0.460. The van der Waals surface area contributed by atoms with E-state index in [1.807, 2.05) is 11.8 Å². The zero-order valence-corrected chi connectivity index (χ0v) is 23.4. The molecule has 6 aliphatic rings. The largest absolute Gasteiger partial charge is 0.444 e. The molecule has 2 saturated heterocycles. The van der Waals surface area contributed by atoms with Gasteiger partial charge in [-0.05, 0) is 68.1 Å². The first kappa shape index (κ1) is 25.5. The Morgan fingerprint density at radius 1 is 1.18 bits per heavy atom. The summed E-state index contributed by atoms with van der Waals surface area (Å²) in [7, 11) is 0. The number of ether oxygens (including phenoxy) is 1. The third-order valence-corrected chi connectivity index (χ3v) is 10.00. The van der Waals surface area contributed by atoms with Crippen molar-refractivity contribution in [3.63, 3.8) is 0 Å². The number of anilines is 2. The highest BCUT2D eigenvalue weighted by atomic mass is 16.6. The molecule has 1 aromatic carbocycles. The standard InChI is InChI=1S/C31H38N6O3/c1-4-26(38)36-18-31(19-36)16-35(17-31)25(13-30-10-21(11-30)12-30)23-8-6-22(7-9-23)20(3)33-28-32-14-24-15-40-29(39)37(5-2)27(24)34-28/h4,6-9,14,20-21,25H,1,5,10-13,15-19H2,2-3H3,(H,32,33,34)/t20-,21?,25-,30?/m0/s1.